The Morgan fingerprint density at radius 2 is 2.09 bits per heavy atom. The van der Waals surface area contributed by atoms with Crippen LogP contribution in [0.1, 0.15) is 20.8 Å². The fraction of sp³-hybridized carbons (Fsp3) is 0.867. The molecule has 0 radical (unpaired) electrons. The summed E-state index contributed by atoms with van der Waals surface area (Å²) in [5.41, 5.74) is -0.473. The van der Waals surface area contributed by atoms with E-state index in [2.05, 4.69) is 15.2 Å². The molecule has 22 heavy (non-hydrogen) atoms. The van der Waals surface area contributed by atoms with E-state index < -0.39 is 5.60 Å². The number of rotatable bonds is 6. The number of ether oxygens (including phenoxy) is 2. The van der Waals surface area contributed by atoms with Crippen molar-refractivity contribution in [2.75, 3.05) is 60.0 Å². The second kappa shape index (κ2) is 8.95. The number of amidine groups is 1. The van der Waals surface area contributed by atoms with E-state index in [4.69, 9.17) is 9.47 Å². The van der Waals surface area contributed by atoms with Crippen LogP contribution in [-0.4, -0.2) is 87.4 Å². The van der Waals surface area contributed by atoms with Gasteiger partial charge in [0.1, 0.15) is 11.4 Å². The third-order valence-corrected chi connectivity index (χ3v) is 2.92. The summed E-state index contributed by atoms with van der Waals surface area (Å²) in [4.78, 5) is 20.2. The normalized spacial score (nSPS) is 15.7. The Labute approximate surface area is 133 Å². The Kier molecular flexibility index (Phi) is 7.61. The molecule has 7 heteroatoms. The molecule has 7 nitrogen and oxygen atoms in total. The van der Waals surface area contributed by atoms with E-state index >= 15 is 0 Å². The zero-order chi connectivity index (χ0) is 16.6. The molecule has 1 rings (SSSR count). The van der Waals surface area contributed by atoms with Gasteiger partial charge in [-0.1, -0.05) is 0 Å². The molecule has 0 aromatic carbocycles. The van der Waals surface area contributed by atoms with Crippen LogP contribution in [0.4, 0.5) is 4.79 Å². The van der Waals surface area contributed by atoms with Crippen LogP contribution in [0, 0.1) is 0 Å². The van der Waals surface area contributed by atoms with Crippen molar-refractivity contribution in [2.24, 2.45) is 4.99 Å². The van der Waals surface area contributed by atoms with Gasteiger partial charge in [-0.05, 0) is 34.9 Å². The van der Waals surface area contributed by atoms with Gasteiger partial charge in [0, 0.05) is 19.6 Å². The zero-order valence-corrected chi connectivity index (χ0v) is 14.5. The average molecular weight is 314 g/mol. The molecule has 1 aliphatic heterocycles. The molecular formula is C15H30N4O3. The maximum absolute atomic E-state index is 12.0. The van der Waals surface area contributed by atoms with Gasteiger partial charge in [0.05, 0.1) is 26.3 Å². The lowest BCUT2D eigenvalue weighted by molar-refractivity contribution is 0.0276. The smallest absolute Gasteiger partial charge is 0.410 e. The van der Waals surface area contributed by atoms with Gasteiger partial charge in [0.2, 0.25) is 0 Å². The summed E-state index contributed by atoms with van der Waals surface area (Å²) in [6.45, 7) is 10.2. The highest BCUT2D eigenvalue weighted by atomic mass is 16.6. The molecule has 0 spiro atoms. The van der Waals surface area contributed by atoms with Crippen molar-refractivity contribution in [1.82, 2.24) is 15.1 Å². The number of amides is 1. The van der Waals surface area contributed by atoms with E-state index in [0.29, 0.717) is 39.4 Å². The number of aliphatic imine (C=N–C) groups is 1. The summed E-state index contributed by atoms with van der Waals surface area (Å²) in [7, 11) is 4.03. The first-order valence-electron chi connectivity index (χ1n) is 7.75. The summed E-state index contributed by atoms with van der Waals surface area (Å²) < 4.78 is 10.9. The Bertz CT molecular complexity index is 377. The summed E-state index contributed by atoms with van der Waals surface area (Å²) in [5.74, 6) is 0.813. The van der Waals surface area contributed by atoms with Crippen molar-refractivity contribution in [1.29, 1.82) is 0 Å². The van der Waals surface area contributed by atoms with Crippen LogP contribution in [0.2, 0.25) is 0 Å². The van der Waals surface area contributed by atoms with E-state index in [9.17, 15) is 4.79 Å². The number of nitrogens with one attached hydrogen (secondary N) is 1. The largest absolute Gasteiger partial charge is 0.444 e. The van der Waals surface area contributed by atoms with Crippen molar-refractivity contribution in [3.63, 3.8) is 0 Å². The number of carbonyl (C=O) groups is 1. The van der Waals surface area contributed by atoms with Crippen molar-refractivity contribution in [2.45, 2.75) is 26.4 Å². The molecule has 0 unspecified atom stereocenters. The third kappa shape index (κ3) is 8.19. The summed E-state index contributed by atoms with van der Waals surface area (Å²) >= 11 is 0. The Morgan fingerprint density at radius 1 is 1.36 bits per heavy atom. The molecule has 0 aromatic heterocycles. The van der Waals surface area contributed by atoms with E-state index in [1.165, 1.54) is 0 Å². The Hall–Kier alpha value is -1.34. The maximum atomic E-state index is 12.0. The predicted molar refractivity (Wildman–Crippen MR) is 87.5 cm³/mol. The van der Waals surface area contributed by atoms with Crippen LogP contribution in [-0.2, 0) is 9.47 Å². The van der Waals surface area contributed by atoms with Gasteiger partial charge in [0.15, 0.2) is 0 Å². The highest BCUT2D eigenvalue weighted by Gasteiger charge is 2.24. The summed E-state index contributed by atoms with van der Waals surface area (Å²) in [6, 6.07) is 0. The molecule has 1 aliphatic rings. The lowest BCUT2D eigenvalue weighted by atomic mass is 10.2. The molecule has 0 aliphatic carbocycles. The van der Waals surface area contributed by atoms with Crippen molar-refractivity contribution in [3.8, 4) is 0 Å². The SMILES string of the molecule is CN(C)CCOCCNC1=NCCN(C(=O)OC(C)(C)C)C1. The Morgan fingerprint density at radius 3 is 2.73 bits per heavy atom. The molecule has 1 N–H and O–H groups in total. The van der Waals surface area contributed by atoms with Gasteiger partial charge >= 0.3 is 6.09 Å². The minimum atomic E-state index is -0.473. The number of likely N-dealkylation sites (N-methyl/N-ethyl adjacent to an activating group) is 1. The zero-order valence-electron chi connectivity index (χ0n) is 14.5. The standard InChI is InChI=1S/C15H30N4O3/c1-15(2,3)22-14(20)19-8-6-16-13(12-19)17-7-10-21-11-9-18(4)5/h6-12H2,1-5H3,(H,16,17). The molecule has 1 heterocycles. The van der Waals surface area contributed by atoms with Gasteiger partial charge in [0.25, 0.3) is 0 Å². The number of hydrogen-bond acceptors (Lipinski definition) is 6. The summed E-state index contributed by atoms with van der Waals surface area (Å²) in [6.07, 6.45) is -0.288. The molecule has 128 valence electrons. The second-order valence-electron chi connectivity index (χ2n) is 6.57. The first-order valence-corrected chi connectivity index (χ1v) is 7.75. The molecule has 0 atom stereocenters. The van der Waals surface area contributed by atoms with Crippen LogP contribution in [0.5, 0.6) is 0 Å². The molecule has 0 fully saturated rings. The molecular weight excluding hydrogens is 284 g/mol. The fourth-order valence-corrected chi connectivity index (χ4v) is 1.83. The minimum Gasteiger partial charge on any atom is -0.444 e. The predicted octanol–water partition coefficient (Wildman–Crippen LogP) is 0.803. The van der Waals surface area contributed by atoms with E-state index in [0.717, 1.165) is 12.4 Å². The second-order valence-corrected chi connectivity index (χ2v) is 6.57. The maximum Gasteiger partial charge on any atom is 0.410 e. The van der Waals surface area contributed by atoms with Gasteiger partial charge < -0.3 is 19.7 Å². The third-order valence-electron chi connectivity index (χ3n) is 2.92. The molecule has 0 bridgehead atoms. The van der Waals surface area contributed by atoms with Crippen LogP contribution in [0.25, 0.3) is 0 Å². The number of carbonyl (C=O) groups excluding carboxylic acids is 1. The molecule has 0 saturated heterocycles. The van der Waals surface area contributed by atoms with Crippen LogP contribution in [0.3, 0.4) is 0 Å². The Balaban J connectivity index is 2.23. The van der Waals surface area contributed by atoms with E-state index in [1.54, 1.807) is 4.90 Å². The summed E-state index contributed by atoms with van der Waals surface area (Å²) in [5, 5.41) is 3.22. The first kappa shape index (κ1) is 18.7. The number of nitrogens with zero attached hydrogens (tertiary/aromatic N) is 3. The van der Waals surface area contributed by atoms with Crippen LogP contribution < -0.4 is 5.32 Å². The van der Waals surface area contributed by atoms with Crippen molar-refractivity contribution < 1.29 is 14.3 Å². The van der Waals surface area contributed by atoms with Gasteiger partial charge in [-0.15, -0.1) is 0 Å². The monoisotopic (exact) mass is 314 g/mol. The van der Waals surface area contributed by atoms with Gasteiger partial charge in [-0.25, -0.2) is 4.79 Å². The van der Waals surface area contributed by atoms with Gasteiger partial charge in [-0.2, -0.15) is 0 Å². The highest BCUT2D eigenvalue weighted by molar-refractivity contribution is 5.87. The van der Waals surface area contributed by atoms with Gasteiger partial charge in [-0.3, -0.25) is 9.89 Å². The van der Waals surface area contributed by atoms with E-state index in [-0.39, 0.29) is 6.09 Å². The van der Waals surface area contributed by atoms with Crippen molar-refractivity contribution in [3.05, 3.63) is 0 Å². The lowest BCUT2D eigenvalue weighted by Gasteiger charge is -2.29. The topological polar surface area (TPSA) is 66.4 Å². The minimum absolute atomic E-state index is 0.288. The first-order chi connectivity index (χ1) is 10.3. The molecule has 1 amide bonds. The van der Waals surface area contributed by atoms with Crippen LogP contribution >= 0.6 is 0 Å². The highest BCUT2D eigenvalue weighted by Crippen LogP contribution is 2.10. The van der Waals surface area contributed by atoms with E-state index in [1.807, 2.05) is 34.9 Å². The quantitative estimate of drug-likeness (QED) is 0.735. The number of hydrogen-bond donors (Lipinski definition) is 1. The average Bonchev–Trinajstić information content (AvgIpc) is 2.41. The molecule has 0 aromatic rings. The van der Waals surface area contributed by atoms with Crippen LogP contribution in [0.15, 0.2) is 4.99 Å². The lowest BCUT2D eigenvalue weighted by Crippen LogP contribution is -2.47. The fourth-order valence-electron chi connectivity index (χ4n) is 1.83. The van der Waals surface area contributed by atoms with Crippen molar-refractivity contribution >= 4 is 11.9 Å². The molecule has 0 saturated carbocycles.